The number of hydrogen-bond donors (Lipinski definition) is 1. The monoisotopic (exact) mass is 649 g/mol. The van der Waals surface area contributed by atoms with Crippen LogP contribution >= 0.6 is 39.0 Å². The Kier molecular flexibility index (Phi) is 7.35. The first-order valence-corrected chi connectivity index (χ1v) is 15.3. The van der Waals surface area contributed by atoms with Crippen molar-refractivity contribution in [2.24, 2.45) is 5.92 Å². The zero-order valence-electron chi connectivity index (χ0n) is 22.0. The van der Waals surface area contributed by atoms with Crippen LogP contribution in [0.4, 0.5) is 11.4 Å². The maximum atomic E-state index is 14.0. The molecule has 0 bridgehead atoms. The molecule has 3 aromatic carbocycles. The van der Waals surface area contributed by atoms with Crippen molar-refractivity contribution in [1.29, 1.82) is 0 Å². The molecule has 2 unspecified atom stereocenters. The van der Waals surface area contributed by atoms with Gasteiger partial charge in [-0.3, -0.25) is 23.7 Å². The smallest absolute Gasteiger partial charge is 0.308 e. The molecule has 1 N–H and O–H groups in total. The third kappa shape index (κ3) is 5.02. The minimum absolute atomic E-state index is 0.208. The van der Waals surface area contributed by atoms with E-state index in [1.807, 2.05) is 49.4 Å². The lowest BCUT2D eigenvalue weighted by atomic mass is 9.83. The maximum absolute atomic E-state index is 14.0. The van der Waals surface area contributed by atoms with Gasteiger partial charge in [-0.2, -0.15) is 0 Å². The number of aromatic nitrogens is 1. The molecule has 2 aliphatic heterocycles. The highest BCUT2D eigenvalue weighted by atomic mass is 79.9. The van der Waals surface area contributed by atoms with Crippen LogP contribution in [-0.4, -0.2) is 34.6 Å². The van der Waals surface area contributed by atoms with Crippen molar-refractivity contribution in [2.45, 2.75) is 29.7 Å². The number of fused-ring (bicyclic) bond motifs is 2. The van der Waals surface area contributed by atoms with Crippen LogP contribution in [0, 0.1) is 12.8 Å². The van der Waals surface area contributed by atoms with Crippen LogP contribution in [0.3, 0.4) is 0 Å². The number of methoxy groups -OCH3 is 1. The zero-order chi connectivity index (χ0) is 28.8. The number of carbonyl (C=O) groups is 3. The molecule has 2 aliphatic rings. The van der Waals surface area contributed by atoms with Gasteiger partial charge >= 0.3 is 4.87 Å². The Morgan fingerprint density at radius 1 is 1.00 bits per heavy atom. The summed E-state index contributed by atoms with van der Waals surface area (Å²) in [7, 11) is 1.55. The Labute approximate surface area is 252 Å². The van der Waals surface area contributed by atoms with Gasteiger partial charge in [0, 0.05) is 21.0 Å². The van der Waals surface area contributed by atoms with E-state index in [9.17, 15) is 19.2 Å². The first-order valence-electron chi connectivity index (χ1n) is 12.8. The molecular weight excluding hydrogens is 626 g/mol. The Morgan fingerprint density at radius 3 is 2.41 bits per heavy atom. The average Bonchev–Trinajstić information content (AvgIpc) is 3.40. The molecule has 0 saturated carbocycles. The van der Waals surface area contributed by atoms with Gasteiger partial charge in [0.15, 0.2) is 0 Å². The molecule has 0 radical (unpaired) electrons. The van der Waals surface area contributed by atoms with Gasteiger partial charge in [0.1, 0.15) is 17.5 Å². The number of hydrogen-bond acceptors (Lipinski definition) is 7. The number of amides is 3. The van der Waals surface area contributed by atoms with E-state index in [1.54, 1.807) is 37.4 Å². The molecule has 41 heavy (non-hydrogen) atoms. The first-order chi connectivity index (χ1) is 19.7. The van der Waals surface area contributed by atoms with Crippen LogP contribution in [0.15, 0.2) is 87.1 Å². The first kappa shape index (κ1) is 27.5. The molecule has 3 heterocycles. The van der Waals surface area contributed by atoms with Crippen LogP contribution in [0.2, 0.25) is 0 Å². The summed E-state index contributed by atoms with van der Waals surface area (Å²) in [5.41, 5.74) is 2.92. The van der Waals surface area contributed by atoms with Gasteiger partial charge in [-0.05, 0) is 66.6 Å². The minimum atomic E-state index is -0.758. The van der Waals surface area contributed by atoms with Gasteiger partial charge in [-0.25, -0.2) is 4.90 Å². The van der Waals surface area contributed by atoms with Crippen LogP contribution in [0.1, 0.15) is 21.9 Å². The molecule has 3 atom stereocenters. The minimum Gasteiger partial charge on any atom is -0.497 e. The van der Waals surface area contributed by atoms with Gasteiger partial charge in [-0.15, -0.1) is 0 Å². The summed E-state index contributed by atoms with van der Waals surface area (Å²) in [6, 6.07) is 21.8. The summed E-state index contributed by atoms with van der Waals surface area (Å²) in [6.07, 6.45) is 0. The third-order valence-electron chi connectivity index (χ3n) is 7.21. The van der Waals surface area contributed by atoms with Crippen LogP contribution in [0.5, 0.6) is 5.75 Å². The fourth-order valence-electron chi connectivity index (χ4n) is 5.34. The Hall–Kier alpha value is -3.67. The van der Waals surface area contributed by atoms with Crippen molar-refractivity contribution < 1.29 is 19.1 Å². The second-order valence-electron chi connectivity index (χ2n) is 9.84. The molecule has 8 nitrogen and oxygen atoms in total. The van der Waals surface area contributed by atoms with Crippen molar-refractivity contribution in [2.75, 3.05) is 17.3 Å². The lowest BCUT2D eigenvalue weighted by Gasteiger charge is -2.30. The molecular formula is C30H24BrN3O5S2. The Morgan fingerprint density at radius 2 is 1.73 bits per heavy atom. The van der Waals surface area contributed by atoms with E-state index in [4.69, 9.17) is 4.74 Å². The van der Waals surface area contributed by atoms with E-state index in [1.165, 1.54) is 21.2 Å². The summed E-state index contributed by atoms with van der Waals surface area (Å²) >= 11 is 5.68. The van der Waals surface area contributed by atoms with Crippen LogP contribution in [0.25, 0.3) is 0 Å². The molecule has 0 spiro atoms. The number of nitrogens with one attached hydrogen (secondary N) is 1. The number of benzene rings is 3. The summed E-state index contributed by atoms with van der Waals surface area (Å²) in [4.78, 5) is 55.8. The maximum Gasteiger partial charge on any atom is 0.308 e. The average molecular weight is 651 g/mol. The normalized spacial score (nSPS) is 19.6. The predicted octanol–water partition coefficient (Wildman–Crippen LogP) is 5.42. The van der Waals surface area contributed by atoms with E-state index < -0.39 is 17.1 Å². The molecule has 4 aromatic rings. The molecule has 11 heteroatoms. The van der Waals surface area contributed by atoms with Crippen LogP contribution in [-0.2, 0) is 20.9 Å². The van der Waals surface area contributed by atoms with Gasteiger partial charge in [0.2, 0.25) is 17.7 Å². The zero-order valence-corrected chi connectivity index (χ0v) is 25.2. The summed E-state index contributed by atoms with van der Waals surface area (Å²) in [6.45, 7) is 1.72. The summed E-state index contributed by atoms with van der Waals surface area (Å²) in [5, 5.41) is 2.65. The number of thiazole rings is 1. The standard InChI is InChI=1S/C30H24BrN3O5S2/c1-16-4-3-5-19(14-16)32-22(35)15-33-29-26(41-30(33)38)23(17-6-8-18(31)9-7-17)24-25(40-29)28(37)34(27(24)36)20-10-12-21(39-2)13-11-20/h3-14,23-25H,15H2,1-2H3,(H,32,35)/t23-,24?,25?/m1/s1. The Balaban J connectivity index is 1.40. The van der Waals surface area contributed by atoms with Gasteiger partial charge in [0.25, 0.3) is 0 Å². The fourth-order valence-corrected chi connectivity index (χ4v) is 8.37. The van der Waals surface area contributed by atoms with E-state index in [-0.39, 0.29) is 29.1 Å². The Bertz CT molecular complexity index is 1730. The second-order valence-corrected chi connectivity index (χ2v) is 12.9. The van der Waals surface area contributed by atoms with E-state index in [0.29, 0.717) is 27.0 Å². The number of ether oxygens (including phenoxy) is 1. The number of anilines is 2. The van der Waals surface area contributed by atoms with Gasteiger partial charge in [-0.1, -0.05) is 63.3 Å². The predicted molar refractivity (Wildman–Crippen MR) is 163 cm³/mol. The van der Waals surface area contributed by atoms with E-state index in [0.717, 1.165) is 26.9 Å². The largest absolute Gasteiger partial charge is 0.497 e. The number of rotatable bonds is 6. The van der Waals surface area contributed by atoms with E-state index >= 15 is 0 Å². The number of nitrogens with zero attached hydrogens (tertiary/aromatic N) is 2. The van der Waals surface area contributed by atoms with Crippen LogP contribution < -0.4 is 19.8 Å². The second kappa shape index (κ2) is 11.0. The molecule has 6 rings (SSSR count). The van der Waals surface area contributed by atoms with Gasteiger partial charge < -0.3 is 10.1 Å². The van der Waals surface area contributed by atoms with Crippen molar-refractivity contribution in [3.8, 4) is 5.75 Å². The van der Waals surface area contributed by atoms with Crippen molar-refractivity contribution >= 4 is 68.1 Å². The van der Waals surface area contributed by atoms with E-state index in [2.05, 4.69) is 21.2 Å². The third-order valence-corrected chi connectivity index (χ3v) is 10.3. The summed E-state index contributed by atoms with van der Waals surface area (Å²) < 4.78 is 7.53. The number of halogens is 1. The topological polar surface area (TPSA) is 97.7 Å². The number of carbonyl (C=O) groups excluding carboxylic acids is 3. The highest BCUT2D eigenvalue weighted by Gasteiger charge is 2.56. The number of imide groups is 1. The summed E-state index contributed by atoms with van der Waals surface area (Å²) in [5.74, 6) is -1.64. The molecule has 1 aromatic heterocycles. The SMILES string of the molecule is COc1ccc(N2C(=O)C3Sc4c(sc(=O)n4CC(=O)Nc4cccc(C)c4)[C@H](c4ccc(Br)cc4)C3C2=O)cc1. The molecule has 208 valence electrons. The van der Waals surface area contributed by atoms with Crippen molar-refractivity contribution in [3.05, 3.63) is 103 Å². The van der Waals surface area contributed by atoms with Crippen molar-refractivity contribution in [1.82, 2.24) is 4.57 Å². The molecule has 3 amide bonds. The molecule has 0 aliphatic carbocycles. The molecule has 1 fully saturated rings. The van der Waals surface area contributed by atoms with Crippen molar-refractivity contribution in [3.63, 3.8) is 0 Å². The molecule has 1 saturated heterocycles. The fraction of sp³-hybridized carbons (Fsp3) is 0.200. The highest BCUT2D eigenvalue weighted by Crippen LogP contribution is 2.54. The lowest BCUT2D eigenvalue weighted by Crippen LogP contribution is -2.33. The number of aryl methyl sites for hydroxylation is 1. The quantitative estimate of drug-likeness (QED) is 0.280. The van der Waals surface area contributed by atoms with Gasteiger partial charge in [0.05, 0.1) is 23.7 Å². The highest BCUT2D eigenvalue weighted by molar-refractivity contribution is 9.10. The number of thioether (sulfide) groups is 1. The lowest BCUT2D eigenvalue weighted by molar-refractivity contribution is -0.122.